The molecule has 0 saturated heterocycles. The molecule has 1 aromatic heterocycles. The van der Waals surface area contributed by atoms with Gasteiger partial charge < -0.3 is 19.5 Å². The Kier molecular flexibility index (Phi) is 5.35. The Morgan fingerprint density at radius 2 is 1.96 bits per heavy atom. The summed E-state index contributed by atoms with van der Waals surface area (Å²) in [6.07, 6.45) is 2.17. The van der Waals surface area contributed by atoms with E-state index in [0.717, 1.165) is 6.42 Å². The molecule has 0 spiro atoms. The van der Waals surface area contributed by atoms with E-state index in [1.54, 1.807) is 30.3 Å². The molecule has 8 heteroatoms. The van der Waals surface area contributed by atoms with Crippen LogP contribution < -0.4 is 14.8 Å². The fourth-order valence-electron chi connectivity index (χ4n) is 2.13. The van der Waals surface area contributed by atoms with Gasteiger partial charge in [-0.2, -0.15) is 0 Å². The zero-order valence-electron chi connectivity index (χ0n) is 13.2. The van der Waals surface area contributed by atoms with Crippen LogP contribution in [0.3, 0.4) is 0 Å². The second-order valence-corrected chi connectivity index (χ2v) is 5.63. The molecular formula is C17H15ClN2O5. The molecule has 0 radical (unpaired) electrons. The number of pyridine rings is 1. The first-order valence-electron chi connectivity index (χ1n) is 7.60. The maximum absolute atomic E-state index is 12.1. The summed E-state index contributed by atoms with van der Waals surface area (Å²) in [7, 11) is 0. The van der Waals surface area contributed by atoms with E-state index in [1.165, 1.54) is 6.20 Å². The number of fused-ring (bicyclic) bond motifs is 1. The average molecular weight is 363 g/mol. The lowest BCUT2D eigenvalue weighted by Gasteiger charge is -2.09. The van der Waals surface area contributed by atoms with Crippen LogP contribution in [-0.2, 0) is 9.53 Å². The van der Waals surface area contributed by atoms with Crippen molar-refractivity contribution in [2.24, 2.45) is 0 Å². The number of hydrogen-bond donors (Lipinski definition) is 1. The molecule has 2 aromatic rings. The molecule has 0 bridgehead atoms. The van der Waals surface area contributed by atoms with Crippen molar-refractivity contribution in [1.29, 1.82) is 0 Å². The van der Waals surface area contributed by atoms with Gasteiger partial charge in [-0.05, 0) is 30.3 Å². The van der Waals surface area contributed by atoms with Crippen molar-refractivity contribution in [2.75, 3.05) is 25.1 Å². The van der Waals surface area contributed by atoms with Crippen LogP contribution in [0.15, 0.2) is 36.5 Å². The number of aromatic nitrogens is 1. The number of ether oxygens (including phenoxy) is 3. The van der Waals surface area contributed by atoms with E-state index in [1.807, 2.05) is 0 Å². The summed E-state index contributed by atoms with van der Waals surface area (Å²) in [5, 5.41) is 2.96. The van der Waals surface area contributed by atoms with Crippen LogP contribution in [0, 0.1) is 0 Å². The molecule has 1 aliphatic heterocycles. The first kappa shape index (κ1) is 17.0. The standard InChI is InChI=1S/C17H15ClN2O5/c18-12-3-5-15(19-9-12)20-16(21)10-25-17(22)11-2-4-13-14(8-11)24-7-1-6-23-13/h2-5,8-9H,1,6-7,10H2,(H,19,20,21). The van der Waals surface area contributed by atoms with Crippen LogP contribution in [0.4, 0.5) is 5.82 Å². The first-order chi connectivity index (χ1) is 12.1. The van der Waals surface area contributed by atoms with E-state index < -0.39 is 18.5 Å². The average Bonchev–Trinajstić information content (AvgIpc) is 2.86. The van der Waals surface area contributed by atoms with Crippen LogP contribution in [0.5, 0.6) is 11.5 Å². The number of hydrogen-bond acceptors (Lipinski definition) is 6. The predicted molar refractivity (Wildman–Crippen MR) is 90.2 cm³/mol. The molecule has 25 heavy (non-hydrogen) atoms. The van der Waals surface area contributed by atoms with E-state index in [4.69, 9.17) is 25.8 Å². The molecule has 0 aliphatic carbocycles. The third-order valence-corrected chi connectivity index (χ3v) is 3.54. The topological polar surface area (TPSA) is 86.8 Å². The highest BCUT2D eigenvalue weighted by molar-refractivity contribution is 6.30. The van der Waals surface area contributed by atoms with Crippen molar-refractivity contribution >= 4 is 29.3 Å². The van der Waals surface area contributed by atoms with Gasteiger partial charge in [-0.15, -0.1) is 0 Å². The van der Waals surface area contributed by atoms with Crippen LogP contribution >= 0.6 is 11.6 Å². The lowest BCUT2D eigenvalue weighted by atomic mass is 10.2. The van der Waals surface area contributed by atoms with Gasteiger partial charge in [-0.3, -0.25) is 4.79 Å². The maximum Gasteiger partial charge on any atom is 0.338 e. The molecule has 0 fully saturated rings. The number of nitrogens with one attached hydrogen (secondary N) is 1. The van der Waals surface area contributed by atoms with Gasteiger partial charge in [0, 0.05) is 12.6 Å². The first-order valence-corrected chi connectivity index (χ1v) is 7.98. The fraction of sp³-hybridized carbons (Fsp3) is 0.235. The molecule has 1 amide bonds. The molecule has 3 rings (SSSR count). The van der Waals surface area contributed by atoms with Crippen molar-refractivity contribution in [3.63, 3.8) is 0 Å². The van der Waals surface area contributed by atoms with Gasteiger partial charge in [0.05, 0.1) is 23.8 Å². The van der Waals surface area contributed by atoms with Gasteiger partial charge in [-0.1, -0.05) is 11.6 Å². The predicted octanol–water partition coefficient (Wildman–Crippen LogP) is 2.69. The van der Waals surface area contributed by atoms with E-state index in [9.17, 15) is 9.59 Å². The van der Waals surface area contributed by atoms with E-state index in [0.29, 0.717) is 35.6 Å². The molecule has 1 aromatic carbocycles. The largest absolute Gasteiger partial charge is 0.490 e. The van der Waals surface area contributed by atoms with Crippen molar-refractivity contribution in [3.05, 3.63) is 47.1 Å². The molecule has 2 heterocycles. The Bertz CT molecular complexity index is 779. The number of rotatable bonds is 4. The summed E-state index contributed by atoms with van der Waals surface area (Å²) in [6, 6.07) is 7.89. The minimum Gasteiger partial charge on any atom is -0.490 e. The van der Waals surface area contributed by atoms with Crippen LogP contribution in [0.25, 0.3) is 0 Å². The number of halogens is 1. The second-order valence-electron chi connectivity index (χ2n) is 5.20. The third kappa shape index (κ3) is 4.60. The van der Waals surface area contributed by atoms with Crippen molar-refractivity contribution < 1.29 is 23.8 Å². The van der Waals surface area contributed by atoms with Crippen LogP contribution in [0.2, 0.25) is 5.02 Å². The minimum atomic E-state index is -0.630. The van der Waals surface area contributed by atoms with Gasteiger partial charge in [0.15, 0.2) is 18.1 Å². The second kappa shape index (κ2) is 7.85. The number of benzene rings is 1. The Morgan fingerprint density at radius 1 is 1.16 bits per heavy atom. The summed E-state index contributed by atoms with van der Waals surface area (Å²) >= 11 is 5.72. The zero-order valence-corrected chi connectivity index (χ0v) is 13.9. The van der Waals surface area contributed by atoms with Gasteiger partial charge in [0.25, 0.3) is 5.91 Å². The Labute approximate surface area is 148 Å². The zero-order chi connectivity index (χ0) is 17.6. The van der Waals surface area contributed by atoms with Crippen LogP contribution in [-0.4, -0.2) is 36.7 Å². The van der Waals surface area contributed by atoms with Crippen molar-refractivity contribution in [3.8, 4) is 11.5 Å². The number of carbonyl (C=O) groups is 2. The van der Waals surface area contributed by atoms with Crippen LogP contribution in [0.1, 0.15) is 16.8 Å². The van der Waals surface area contributed by atoms with Gasteiger partial charge in [0.1, 0.15) is 5.82 Å². The van der Waals surface area contributed by atoms with Gasteiger partial charge >= 0.3 is 5.97 Å². The highest BCUT2D eigenvalue weighted by atomic mass is 35.5. The van der Waals surface area contributed by atoms with Gasteiger partial charge in [0.2, 0.25) is 0 Å². The molecule has 130 valence electrons. The normalized spacial score (nSPS) is 12.8. The smallest absolute Gasteiger partial charge is 0.338 e. The summed E-state index contributed by atoms with van der Waals surface area (Å²) in [4.78, 5) is 27.8. The molecule has 7 nitrogen and oxygen atoms in total. The molecular weight excluding hydrogens is 348 g/mol. The van der Waals surface area contributed by atoms with E-state index in [-0.39, 0.29) is 5.56 Å². The highest BCUT2D eigenvalue weighted by Crippen LogP contribution is 2.30. The summed E-state index contributed by atoms with van der Waals surface area (Å²) in [5.41, 5.74) is 0.279. The maximum atomic E-state index is 12.1. The van der Waals surface area contributed by atoms with Crippen molar-refractivity contribution in [2.45, 2.75) is 6.42 Å². The highest BCUT2D eigenvalue weighted by Gasteiger charge is 2.16. The molecule has 0 saturated carbocycles. The Morgan fingerprint density at radius 3 is 2.72 bits per heavy atom. The van der Waals surface area contributed by atoms with E-state index >= 15 is 0 Å². The lowest BCUT2D eigenvalue weighted by Crippen LogP contribution is -2.21. The van der Waals surface area contributed by atoms with Gasteiger partial charge in [-0.25, -0.2) is 9.78 Å². The number of nitrogens with zero attached hydrogens (tertiary/aromatic N) is 1. The molecule has 1 aliphatic rings. The summed E-state index contributed by atoms with van der Waals surface area (Å²) in [5.74, 6) is 0.260. The number of esters is 1. The SMILES string of the molecule is O=C(COC(=O)c1ccc2c(c1)OCCCO2)Nc1ccc(Cl)cn1. The summed E-state index contributed by atoms with van der Waals surface area (Å²) < 4.78 is 16.0. The monoisotopic (exact) mass is 362 g/mol. The number of amides is 1. The quantitative estimate of drug-likeness (QED) is 0.841. The van der Waals surface area contributed by atoms with E-state index in [2.05, 4.69) is 10.3 Å². The fourth-order valence-corrected chi connectivity index (χ4v) is 2.25. The Hall–Kier alpha value is -2.80. The summed E-state index contributed by atoms with van der Waals surface area (Å²) in [6.45, 7) is 0.648. The number of carbonyl (C=O) groups excluding carboxylic acids is 2. The molecule has 0 unspecified atom stereocenters. The third-order valence-electron chi connectivity index (χ3n) is 3.31. The molecule has 1 N–H and O–H groups in total. The minimum absolute atomic E-state index is 0.279. The Balaban J connectivity index is 1.56. The number of anilines is 1. The molecule has 0 atom stereocenters. The lowest BCUT2D eigenvalue weighted by molar-refractivity contribution is -0.119. The van der Waals surface area contributed by atoms with Crippen molar-refractivity contribution in [1.82, 2.24) is 4.98 Å².